The molecule has 11 nitrogen and oxygen atoms in total. The number of methoxy groups -OCH3 is 2. The molecule has 2 heterocycles. The van der Waals surface area contributed by atoms with Crippen LogP contribution in [0.3, 0.4) is 0 Å². The van der Waals surface area contributed by atoms with Crippen LogP contribution in [-0.2, 0) is 41.4 Å². The number of carbonyl (C=O) groups excluding carboxylic acids is 2. The van der Waals surface area contributed by atoms with E-state index in [-0.39, 0.29) is 37.2 Å². The van der Waals surface area contributed by atoms with Crippen LogP contribution in [0.2, 0.25) is 0 Å². The standard InChI is InChI=1S/C35H49NO10/c1-34(2,3)46-33(39)36-25(20-42-19-23-12-9-8-10-13-23)16-17-26(36)27(37)18-24-14-11-15-28(41-7)30(24)31(38)32-29(21-43-22-40-6)44-35(4,5)45-32/h8-15,25-27,29,32,37H,16-22H2,1-7H3. The number of aliphatic hydroxyl groups excluding tert-OH is 1. The molecule has 5 atom stereocenters. The highest BCUT2D eigenvalue weighted by Gasteiger charge is 2.47. The van der Waals surface area contributed by atoms with Crippen LogP contribution in [0.5, 0.6) is 5.75 Å². The number of likely N-dealkylation sites (tertiary alicyclic amines) is 1. The number of hydrogen-bond acceptors (Lipinski definition) is 10. The second-order valence-corrected chi connectivity index (χ2v) is 13.2. The Balaban J connectivity index is 1.55. The van der Waals surface area contributed by atoms with Crippen molar-refractivity contribution < 1.29 is 47.9 Å². The lowest BCUT2D eigenvalue weighted by molar-refractivity contribution is -0.153. The fourth-order valence-electron chi connectivity index (χ4n) is 6.07. The second kappa shape index (κ2) is 15.7. The van der Waals surface area contributed by atoms with Crippen LogP contribution in [-0.4, -0.2) is 97.9 Å². The molecule has 46 heavy (non-hydrogen) atoms. The molecule has 2 fully saturated rings. The lowest BCUT2D eigenvalue weighted by atomic mass is 9.91. The summed E-state index contributed by atoms with van der Waals surface area (Å²) >= 11 is 0. The number of hydrogen-bond donors (Lipinski definition) is 1. The zero-order chi connectivity index (χ0) is 33.5. The number of carbonyl (C=O) groups is 2. The molecule has 0 bridgehead atoms. The smallest absolute Gasteiger partial charge is 0.410 e. The molecule has 1 amide bonds. The molecule has 0 aliphatic carbocycles. The Hall–Kier alpha value is -3.06. The van der Waals surface area contributed by atoms with Gasteiger partial charge in [0.2, 0.25) is 0 Å². The third-order valence-corrected chi connectivity index (χ3v) is 7.95. The summed E-state index contributed by atoms with van der Waals surface area (Å²) in [6.07, 6.45) is -1.93. The van der Waals surface area contributed by atoms with Gasteiger partial charge in [0.1, 0.15) is 24.2 Å². The minimum absolute atomic E-state index is 0.0428. The monoisotopic (exact) mass is 643 g/mol. The highest BCUT2D eigenvalue weighted by atomic mass is 16.8. The van der Waals surface area contributed by atoms with Crippen LogP contribution in [0.25, 0.3) is 0 Å². The van der Waals surface area contributed by atoms with E-state index in [2.05, 4.69) is 0 Å². The summed E-state index contributed by atoms with van der Waals surface area (Å²) in [4.78, 5) is 29.3. The maximum Gasteiger partial charge on any atom is 0.410 e. The van der Waals surface area contributed by atoms with E-state index in [4.69, 9.17) is 33.2 Å². The van der Waals surface area contributed by atoms with E-state index >= 15 is 0 Å². The number of nitrogens with zero attached hydrogens (tertiary/aromatic N) is 1. The first-order chi connectivity index (χ1) is 21.8. The molecular formula is C35H49NO10. The number of rotatable bonds is 14. The molecule has 0 spiro atoms. The van der Waals surface area contributed by atoms with Crippen molar-refractivity contribution in [3.8, 4) is 5.75 Å². The summed E-state index contributed by atoms with van der Waals surface area (Å²) in [5.41, 5.74) is 1.16. The normalized spacial score (nSPS) is 23.3. The predicted octanol–water partition coefficient (Wildman–Crippen LogP) is 4.91. The van der Waals surface area contributed by atoms with Gasteiger partial charge in [-0.2, -0.15) is 0 Å². The summed E-state index contributed by atoms with van der Waals surface area (Å²) in [6, 6.07) is 14.2. The van der Waals surface area contributed by atoms with E-state index in [0.29, 0.717) is 37.4 Å². The summed E-state index contributed by atoms with van der Waals surface area (Å²) < 4.78 is 40.0. The topological polar surface area (TPSA) is 122 Å². The van der Waals surface area contributed by atoms with Gasteiger partial charge in [-0.15, -0.1) is 0 Å². The Morgan fingerprint density at radius 2 is 1.74 bits per heavy atom. The van der Waals surface area contributed by atoms with Crippen molar-refractivity contribution in [1.82, 2.24) is 4.90 Å². The molecule has 11 heteroatoms. The Kier molecular flexibility index (Phi) is 12.2. The molecule has 5 unspecified atom stereocenters. The quantitative estimate of drug-likeness (QED) is 0.173. The number of ether oxygens (including phenoxy) is 7. The van der Waals surface area contributed by atoms with Crippen LogP contribution in [0.1, 0.15) is 68.9 Å². The first-order valence-electron chi connectivity index (χ1n) is 15.8. The predicted molar refractivity (Wildman–Crippen MR) is 170 cm³/mol. The van der Waals surface area contributed by atoms with E-state index in [9.17, 15) is 14.7 Å². The summed E-state index contributed by atoms with van der Waals surface area (Å²) in [5, 5.41) is 11.7. The van der Waals surface area contributed by atoms with Gasteiger partial charge in [0, 0.05) is 13.5 Å². The van der Waals surface area contributed by atoms with Gasteiger partial charge >= 0.3 is 6.09 Å². The van der Waals surface area contributed by atoms with Gasteiger partial charge in [0.15, 0.2) is 17.7 Å². The van der Waals surface area contributed by atoms with E-state index in [0.717, 1.165) is 5.56 Å². The summed E-state index contributed by atoms with van der Waals surface area (Å²) in [5.74, 6) is -1.01. The van der Waals surface area contributed by atoms with E-state index < -0.39 is 41.8 Å². The number of ketones is 1. The molecule has 2 saturated heterocycles. The van der Waals surface area contributed by atoms with Crippen molar-refractivity contribution in [3.63, 3.8) is 0 Å². The van der Waals surface area contributed by atoms with Crippen LogP contribution < -0.4 is 4.74 Å². The molecular weight excluding hydrogens is 594 g/mol. The first kappa shape index (κ1) is 35.8. The van der Waals surface area contributed by atoms with Gasteiger partial charge in [-0.3, -0.25) is 9.69 Å². The van der Waals surface area contributed by atoms with Crippen LogP contribution in [0.4, 0.5) is 4.79 Å². The third-order valence-electron chi connectivity index (χ3n) is 7.95. The van der Waals surface area contributed by atoms with Gasteiger partial charge < -0.3 is 38.3 Å². The zero-order valence-electron chi connectivity index (χ0n) is 28.0. The van der Waals surface area contributed by atoms with Gasteiger partial charge in [-0.05, 0) is 64.7 Å². The van der Waals surface area contributed by atoms with E-state index in [1.807, 2.05) is 51.1 Å². The Bertz CT molecular complexity index is 1290. The van der Waals surface area contributed by atoms with Crippen molar-refractivity contribution in [3.05, 3.63) is 65.2 Å². The zero-order valence-corrected chi connectivity index (χ0v) is 28.0. The minimum Gasteiger partial charge on any atom is -0.496 e. The van der Waals surface area contributed by atoms with Crippen LogP contribution >= 0.6 is 0 Å². The van der Waals surface area contributed by atoms with E-state index in [1.54, 1.807) is 36.9 Å². The first-order valence-corrected chi connectivity index (χ1v) is 15.8. The van der Waals surface area contributed by atoms with Gasteiger partial charge in [0.05, 0.1) is 50.7 Å². The number of benzene rings is 2. The second-order valence-electron chi connectivity index (χ2n) is 13.2. The third kappa shape index (κ3) is 9.27. The van der Waals surface area contributed by atoms with Crippen molar-refractivity contribution in [2.24, 2.45) is 0 Å². The largest absolute Gasteiger partial charge is 0.496 e. The molecule has 0 radical (unpaired) electrons. The van der Waals surface area contributed by atoms with Crippen molar-refractivity contribution in [2.75, 3.05) is 34.2 Å². The Morgan fingerprint density at radius 1 is 1.00 bits per heavy atom. The van der Waals surface area contributed by atoms with Crippen LogP contribution in [0.15, 0.2) is 48.5 Å². The molecule has 1 N–H and O–H groups in total. The SMILES string of the molecule is COCOCC1OC(C)(C)OC1C(=O)c1c(CC(O)C2CCC(COCc3ccccc3)N2C(=O)OC(C)(C)C)cccc1OC. The lowest BCUT2D eigenvalue weighted by Crippen LogP contribution is -2.50. The fourth-order valence-corrected chi connectivity index (χ4v) is 6.07. The average molecular weight is 644 g/mol. The van der Waals surface area contributed by atoms with Gasteiger partial charge in [0.25, 0.3) is 0 Å². The number of aliphatic hydroxyl groups is 1. The summed E-state index contributed by atoms with van der Waals surface area (Å²) in [6.45, 7) is 9.73. The molecule has 4 rings (SSSR count). The van der Waals surface area contributed by atoms with Crippen LogP contribution in [0, 0.1) is 0 Å². The Morgan fingerprint density at radius 3 is 2.41 bits per heavy atom. The molecule has 0 aromatic heterocycles. The molecule has 254 valence electrons. The van der Waals surface area contributed by atoms with Gasteiger partial charge in [-0.25, -0.2) is 4.79 Å². The molecule has 2 aromatic rings. The fraction of sp³-hybridized carbons (Fsp3) is 0.600. The van der Waals surface area contributed by atoms with Crippen molar-refractivity contribution in [1.29, 1.82) is 0 Å². The highest BCUT2D eigenvalue weighted by molar-refractivity contribution is 6.03. The molecule has 2 aliphatic heterocycles. The molecule has 2 aliphatic rings. The lowest BCUT2D eigenvalue weighted by Gasteiger charge is -2.34. The van der Waals surface area contributed by atoms with E-state index in [1.165, 1.54) is 14.2 Å². The summed E-state index contributed by atoms with van der Waals surface area (Å²) in [7, 11) is 3.00. The van der Waals surface area contributed by atoms with Gasteiger partial charge in [-0.1, -0.05) is 42.5 Å². The highest BCUT2D eigenvalue weighted by Crippen LogP contribution is 2.36. The number of amides is 1. The Labute approximate surface area is 272 Å². The minimum atomic E-state index is -1.02. The van der Waals surface area contributed by atoms with Crippen molar-refractivity contribution >= 4 is 11.9 Å². The number of Topliss-reactive ketones (excluding diaryl/α,β-unsaturated/α-hetero) is 1. The molecule has 0 saturated carbocycles. The van der Waals surface area contributed by atoms with Crippen molar-refractivity contribution in [2.45, 2.75) is 102 Å². The average Bonchev–Trinajstić information content (AvgIpc) is 3.56. The molecule has 2 aromatic carbocycles. The maximum absolute atomic E-state index is 14.1. The maximum atomic E-state index is 14.1.